The first-order valence-electron chi connectivity index (χ1n) is 6.57. The highest BCUT2D eigenvalue weighted by molar-refractivity contribution is 5.16. The van der Waals surface area contributed by atoms with Crippen LogP contribution in [0, 0.1) is 0 Å². The maximum absolute atomic E-state index is 10.1. The lowest BCUT2D eigenvalue weighted by Gasteiger charge is -2.45. The van der Waals surface area contributed by atoms with E-state index in [1.165, 1.54) is 7.11 Å². The molecule has 2 heterocycles. The minimum atomic E-state index is -1.14. The number of hydrogen-bond donors (Lipinski definition) is 2. The first kappa shape index (κ1) is 13.9. The van der Waals surface area contributed by atoms with Crippen molar-refractivity contribution in [3.63, 3.8) is 0 Å². The molecule has 0 saturated carbocycles. The van der Waals surface area contributed by atoms with Crippen LogP contribution >= 0.6 is 0 Å². The summed E-state index contributed by atoms with van der Waals surface area (Å²) in [6.07, 6.45) is -4.76. The minimum absolute atomic E-state index is 0.272. The van der Waals surface area contributed by atoms with Gasteiger partial charge in [0.2, 0.25) is 0 Å². The summed E-state index contributed by atoms with van der Waals surface area (Å²) in [6, 6.07) is 9.45. The van der Waals surface area contributed by atoms with Crippen molar-refractivity contribution in [3.05, 3.63) is 35.9 Å². The highest BCUT2D eigenvalue weighted by Crippen LogP contribution is 2.33. The van der Waals surface area contributed by atoms with Crippen molar-refractivity contribution in [2.75, 3.05) is 13.7 Å². The van der Waals surface area contributed by atoms with Gasteiger partial charge in [-0.2, -0.15) is 0 Å². The molecule has 0 spiro atoms. The van der Waals surface area contributed by atoms with E-state index in [1.54, 1.807) is 0 Å². The minimum Gasteiger partial charge on any atom is -0.387 e. The van der Waals surface area contributed by atoms with Crippen LogP contribution < -0.4 is 0 Å². The summed E-state index contributed by atoms with van der Waals surface area (Å²) in [6.45, 7) is 0.272. The van der Waals surface area contributed by atoms with Crippen LogP contribution in [0.3, 0.4) is 0 Å². The van der Waals surface area contributed by atoms with E-state index in [-0.39, 0.29) is 6.61 Å². The average molecular weight is 282 g/mol. The van der Waals surface area contributed by atoms with Gasteiger partial charge in [0.25, 0.3) is 0 Å². The second-order valence-corrected chi connectivity index (χ2v) is 4.94. The molecule has 6 atom stereocenters. The van der Waals surface area contributed by atoms with Crippen LogP contribution in [0.25, 0.3) is 0 Å². The maximum Gasteiger partial charge on any atom is 0.186 e. The van der Waals surface area contributed by atoms with Crippen LogP contribution in [-0.4, -0.2) is 54.6 Å². The number of methoxy groups -OCH3 is 1. The molecule has 110 valence electrons. The molecule has 2 aliphatic heterocycles. The third-order valence-electron chi connectivity index (χ3n) is 3.64. The molecule has 0 amide bonds. The predicted octanol–water partition coefficient (Wildman–Crippen LogP) is 0.194. The Balaban J connectivity index is 1.74. The SMILES string of the molecule is COC1O[C@@H]2COC(c3ccccc3)O[C@H]2[C@@H](O)[C@H]1O. The van der Waals surface area contributed by atoms with Gasteiger partial charge in [-0.25, -0.2) is 0 Å². The molecule has 0 aromatic heterocycles. The third kappa shape index (κ3) is 2.46. The fourth-order valence-electron chi connectivity index (χ4n) is 2.55. The second kappa shape index (κ2) is 5.77. The van der Waals surface area contributed by atoms with E-state index in [9.17, 15) is 10.2 Å². The molecule has 6 nitrogen and oxygen atoms in total. The van der Waals surface area contributed by atoms with Gasteiger partial charge in [0.15, 0.2) is 12.6 Å². The van der Waals surface area contributed by atoms with E-state index in [4.69, 9.17) is 18.9 Å². The molecule has 20 heavy (non-hydrogen) atoms. The molecule has 2 saturated heterocycles. The van der Waals surface area contributed by atoms with Crippen LogP contribution in [-0.2, 0) is 18.9 Å². The molecule has 0 radical (unpaired) electrons. The maximum atomic E-state index is 10.1. The van der Waals surface area contributed by atoms with E-state index in [1.807, 2.05) is 30.3 Å². The van der Waals surface area contributed by atoms with Gasteiger partial charge >= 0.3 is 0 Å². The molecule has 2 N–H and O–H groups in total. The van der Waals surface area contributed by atoms with Gasteiger partial charge in [0, 0.05) is 12.7 Å². The van der Waals surface area contributed by atoms with Crippen LogP contribution in [0.4, 0.5) is 0 Å². The van der Waals surface area contributed by atoms with Crippen molar-refractivity contribution in [1.29, 1.82) is 0 Å². The van der Waals surface area contributed by atoms with Crippen LogP contribution in [0.15, 0.2) is 30.3 Å². The van der Waals surface area contributed by atoms with Crippen molar-refractivity contribution >= 4 is 0 Å². The topological polar surface area (TPSA) is 77.4 Å². The van der Waals surface area contributed by atoms with E-state index in [0.717, 1.165) is 5.56 Å². The van der Waals surface area contributed by atoms with E-state index in [2.05, 4.69) is 0 Å². The molecular formula is C14H18O6. The van der Waals surface area contributed by atoms with Gasteiger partial charge in [-0.15, -0.1) is 0 Å². The smallest absolute Gasteiger partial charge is 0.186 e. The lowest BCUT2D eigenvalue weighted by atomic mass is 9.98. The summed E-state index contributed by atoms with van der Waals surface area (Å²) in [5.74, 6) is 0. The first-order valence-corrected chi connectivity index (χ1v) is 6.57. The molecule has 1 aromatic carbocycles. The number of benzene rings is 1. The van der Waals surface area contributed by atoms with Crippen LogP contribution in [0.2, 0.25) is 0 Å². The molecule has 0 aliphatic carbocycles. The van der Waals surface area contributed by atoms with Crippen molar-refractivity contribution in [2.45, 2.75) is 37.0 Å². The van der Waals surface area contributed by atoms with Gasteiger partial charge in [-0.1, -0.05) is 30.3 Å². The zero-order valence-electron chi connectivity index (χ0n) is 11.1. The Morgan fingerprint density at radius 1 is 1.10 bits per heavy atom. The Labute approximate surface area is 116 Å². The summed E-state index contributed by atoms with van der Waals surface area (Å²) in [5.41, 5.74) is 0.863. The third-order valence-corrected chi connectivity index (χ3v) is 3.64. The number of rotatable bonds is 2. The summed E-state index contributed by atoms with van der Waals surface area (Å²) < 4.78 is 21.9. The fourth-order valence-corrected chi connectivity index (χ4v) is 2.55. The molecule has 0 bridgehead atoms. The molecular weight excluding hydrogens is 264 g/mol. The lowest BCUT2D eigenvalue weighted by molar-refractivity contribution is -0.358. The summed E-state index contributed by atoms with van der Waals surface area (Å²) in [7, 11) is 1.41. The zero-order valence-corrected chi connectivity index (χ0v) is 11.1. The highest BCUT2D eigenvalue weighted by atomic mass is 16.7. The van der Waals surface area contributed by atoms with Gasteiger partial charge in [-0.3, -0.25) is 0 Å². The first-order chi connectivity index (χ1) is 9.70. The Kier molecular flexibility index (Phi) is 4.02. The highest BCUT2D eigenvalue weighted by Gasteiger charge is 2.48. The van der Waals surface area contributed by atoms with Crippen molar-refractivity contribution in [3.8, 4) is 0 Å². The molecule has 3 rings (SSSR count). The molecule has 2 fully saturated rings. The number of ether oxygens (including phenoxy) is 4. The second-order valence-electron chi connectivity index (χ2n) is 4.94. The number of hydrogen-bond acceptors (Lipinski definition) is 6. The van der Waals surface area contributed by atoms with Crippen LogP contribution in [0.1, 0.15) is 11.9 Å². The number of aliphatic hydroxyl groups is 2. The van der Waals surface area contributed by atoms with Crippen molar-refractivity contribution in [2.24, 2.45) is 0 Å². The normalized spacial score (nSPS) is 41.1. The van der Waals surface area contributed by atoms with Crippen molar-refractivity contribution < 1.29 is 29.2 Å². The van der Waals surface area contributed by atoms with E-state index >= 15 is 0 Å². The Morgan fingerprint density at radius 3 is 2.55 bits per heavy atom. The Hall–Kier alpha value is -1.02. The van der Waals surface area contributed by atoms with Crippen LogP contribution in [0.5, 0.6) is 0 Å². The van der Waals surface area contributed by atoms with Gasteiger partial charge in [-0.05, 0) is 0 Å². The van der Waals surface area contributed by atoms with E-state index in [0.29, 0.717) is 0 Å². The van der Waals surface area contributed by atoms with Gasteiger partial charge < -0.3 is 29.2 Å². The molecule has 2 aliphatic rings. The lowest BCUT2D eigenvalue weighted by Crippen LogP contribution is -2.62. The Bertz CT molecular complexity index is 437. The van der Waals surface area contributed by atoms with Gasteiger partial charge in [0.05, 0.1) is 6.61 Å². The molecule has 1 aromatic rings. The van der Waals surface area contributed by atoms with E-state index < -0.39 is 37.0 Å². The Morgan fingerprint density at radius 2 is 1.85 bits per heavy atom. The zero-order chi connectivity index (χ0) is 14.1. The summed E-state index contributed by atoms with van der Waals surface area (Å²) >= 11 is 0. The van der Waals surface area contributed by atoms with Gasteiger partial charge in [0.1, 0.15) is 24.4 Å². The fraction of sp³-hybridized carbons (Fsp3) is 0.571. The summed E-state index contributed by atoms with van der Waals surface area (Å²) in [4.78, 5) is 0. The van der Waals surface area contributed by atoms with Crippen molar-refractivity contribution in [1.82, 2.24) is 0 Å². The number of fused-ring (bicyclic) bond motifs is 1. The molecule has 6 heteroatoms. The summed E-state index contributed by atoms with van der Waals surface area (Å²) in [5, 5.41) is 20.1. The predicted molar refractivity (Wildman–Crippen MR) is 67.7 cm³/mol. The molecule has 2 unspecified atom stereocenters. The quantitative estimate of drug-likeness (QED) is 0.806. The monoisotopic (exact) mass is 282 g/mol. The number of aliphatic hydroxyl groups excluding tert-OH is 2. The average Bonchev–Trinajstić information content (AvgIpc) is 2.51. The largest absolute Gasteiger partial charge is 0.387 e. The standard InChI is InChI=1S/C14H18O6/c1-17-14-11(16)10(15)12-9(19-14)7-18-13(20-12)8-5-3-2-4-6-8/h2-6,9-16H,7H2,1H3/t9-,10+,11-,12-,13?,14?/m1/s1.